The highest BCUT2D eigenvalue weighted by Crippen LogP contribution is 2.30. The molecule has 1 aromatic carbocycles. The minimum absolute atomic E-state index is 0.269. The first-order valence-corrected chi connectivity index (χ1v) is 6.47. The van der Waals surface area contributed by atoms with E-state index in [1.807, 2.05) is 0 Å². The fourth-order valence-corrected chi connectivity index (χ4v) is 2.63. The van der Waals surface area contributed by atoms with E-state index in [1.165, 1.54) is 31.7 Å². The topological polar surface area (TPSA) is 75.3 Å². The molecule has 1 fully saturated rings. The van der Waals surface area contributed by atoms with Crippen molar-refractivity contribution in [1.82, 2.24) is 0 Å². The van der Waals surface area contributed by atoms with E-state index in [2.05, 4.69) is 12.2 Å². The van der Waals surface area contributed by atoms with E-state index in [4.69, 9.17) is 10.8 Å². The molecule has 1 aromatic rings. The Hall–Kier alpha value is -1.71. The highest BCUT2D eigenvalue weighted by atomic mass is 16.4. The maximum Gasteiger partial charge on any atom is 0.335 e. The van der Waals surface area contributed by atoms with E-state index in [9.17, 15) is 4.79 Å². The van der Waals surface area contributed by atoms with Crippen LogP contribution in [0.2, 0.25) is 0 Å². The van der Waals surface area contributed by atoms with E-state index in [0.29, 0.717) is 17.6 Å². The molecule has 98 valence electrons. The van der Waals surface area contributed by atoms with Crippen LogP contribution in [0.3, 0.4) is 0 Å². The fraction of sp³-hybridized carbons (Fsp3) is 0.500. The Morgan fingerprint density at radius 2 is 2.11 bits per heavy atom. The molecule has 1 unspecified atom stereocenters. The molecule has 0 amide bonds. The number of benzene rings is 1. The Kier molecular flexibility index (Phi) is 3.75. The highest BCUT2D eigenvalue weighted by molar-refractivity contribution is 5.90. The number of carbonyl (C=O) groups is 1. The molecular weight excluding hydrogens is 228 g/mol. The zero-order valence-corrected chi connectivity index (χ0v) is 10.6. The smallest absolute Gasteiger partial charge is 0.335 e. The summed E-state index contributed by atoms with van der Waals surface area (Å²) in [6.45, 7) is 2.14. The van der Waals surface area contributed by atoms with E-state index < -0.39 is 5.97 Å². The van der Waals surface area contributed by atoms with Crippen molar-refractivity contribution in [3.8, 4) is 0 Å². The van der Waals surface area contributed by atoms with Gasteiger partial charge in [-0.25, -0.2) is 4.79 Å². The fourth-order valence-electron chi connectivity index (χ4n) is 2.63. The van der Waals surface area contributed by atoms with Crippen LogP contribution in [0.4, 0.5) is 11.4 Å². The maximum atomic E-state index is 10.9. The molecule has 0 aromatic heterocycles. The molecule has 0 spiro atoms. The van der Waals surface area contributed by atoms with Gasteiger partial charge >= 0.3 is 5.97 Å². The van der Waals surface area contributed by atoms with Gasteiger partial charge in [0.25, 0.3) is 0 Å². The molecule has 0 aliphatic heterocycles. The van der Waals surface area contributed by atoms with Gasteiger partial charge in [-0.3, -0.25) is 0 Å². The van der Waals surface area contributed by atoms with Gasteiger partial charge in [0, 0.05) is 6.04 Å². The quantitative estimate of drug-likeness (QED) is 0.716. The SMILES string of the molecule is CC(Nc1cc(C(=O)O)ccc1N)C1CCCC1. The van der Waals surface area contributed by atoms with Crippen LogP contribution in [0, 0.1) is 5.92 Å². The van der Waals surface area contributed by atoms with Gasteiger partial charge in [-0.1, -0.05) is 12.8 Å². The summed E-state index contributed by atoms with van der Waals surface area (Å²) in [7, 11) is 0. The molecule has 1 atom stereocenters. The summed E-state index contributed by atoms with van der Waals surface area (Å²) in [5.41, 5.74) is 7.48. The van der Waals surface area contributed by atoms with E-state index in [1.54, 1.807) is 12.1 Å². The Bertz CT molecular complexity index is 439. The van der Waals surface area contributed by atoms with E-state index >= 15 is 0 Å². The van der Waals surface area contributed by atoms with Crippen LogP contribution in [-0.2, 0) is 0 Å². The van der Waals surface area contributed by atoms with E-state index in [-0.39, 0.29) is 5.56 Å². The molecule has 1 saturated carbocycles. The van der Waals surface area contributed by atoms with Gasteiger partial charge in [-0.2, -0.15) is 0 Å². The number of carboxylic acids is 1. The van der Waals surface area contributed by atoms with Gasteiger partial charge in [0.15, 0.2) is 0 Å². The van der Waals surface area contributed by atoms with Gasteiger partial charge in [0.05, 0.1) is 16.9 Å². The van der Waals surface area contributed by atoms with Crippen LogP contribution < -0.4 is 11.1 Å². The molecule has 0 radical (unpaired) electrons. The molecule has 1 aliphatic carbocycles. The summed E-state index contributed by atoms with van der Waals surface area (Å²) < 4.78 is 0. The molecule has 18 heavy (non-hydrogen) atoms. The van der Waals surface area contributed by atoms with Gasteiger partial charge < -0.3 is 16.2 Å². The molecule has 0 saturated heterocycles. The second-order valence-corrected chi connectivity index (χ2v) is 5.08. The van der Waals surface area contributed by atoms with Crippen LogP contribution >= 0.6 is 0 Å². The van der Waals surface area contributed by atoms with Crippen LogP contribution in [0.1, 0.15) is 43.0 Å². The second-order valence-electron chi connectivity index (χ2n) is 5.08. The van der Waals surface area contributed by atoms with Crippen molar-refractivity contribution in [2.75, 3.05) is 11.1 Å². The highest BCUT2D eigenvalue weighted by Gasteiger charge is 2.22. The van der Waals surface area contributed by atoms with Crippen LogP contribution in [-0.4, -0.2) is 17.1 Å². The van der Waals surface area contributed by atoms with Crippen molar-refractivity contribution in [3.63, 3.8) is 0 Å². The number of anilines is 2. The van der Waals surface area contributed by atoms with Gasteiger partial charge in [0.2, 0.25) is 0 Å². The molecule has 1 aliphatic rings. The lowest BCUT2D eigenvalue weighted by molar-refractivity contribution is 0.0697. The summed E-state index contributed by atoms with van der Waals surface area (Å²) in [5, 5.41) is 12.3. The Balaban J connectivity index is 2.12. The zero-order chi connectivity index (χ0) is 13.1. The number of nitrogens with one attached hydrogen (secondary N) is 1. The molecular formula is C14H20N2O2. The number of carboxylic acid groups (broad SMARTS) is 1. The van der Waals surface area contributed by atoms with Crippen molar-refractivity contribution >= 4 is 17.3 Å². The average Bonchev–Trinajstić information content (AvgIpc) is 2.85. The number of aromatic carboxylic acids is 1. The van der Waals surface area contributed by atoms with Gasteiger partial charge in [0.1, 0.15) is 0 Å². The lowest BCUT2D eigenvalue weighted by atomic mass is 9.99. The summed E-state index contributed by atoms with van der Waals surface area (Å²) in [6, 6.07) is 5.12. The first kappa shape index (κ1) is 12.7. The first-order valence-electron chi connectivity index (χ1n) is 6.47. The van der Waals surface area contributed by atoms with Gasteiger partial charge in [-0.05, 0) is 43.9 Å². The monoisotopic (exact) mass is 248 g/mol. The van der Waals surface area contributed by atoms with Crippen molar-refractivity contribution < 1.29 is 9.90 Å². The Morgan fingerprint density at radius 3 is 2.72 bits per heavy atom. The Morgan fingerprint density at radius 1 is 1.44 bits per heavy atom. The lowest BCUT2D eigenvalue weighted by Gasteiger charge is -2.22. The van der Waals surface area contributed by atoms with Crippen LogP contribution in [0.25, 0.3) is 0 Å². The molecule has 4 nitrogen and oxygen atoms in total. The predicted octanol–water partition coefficient (Wildman–Crippen LogP) is 2.96. The van der Waals surface area contributed by atoms with Crippen molar-refractivity contribution in [3.05, 3.63) is 23.8 Å². The minimum atomic E-state index is -0.924. The summed E-state index contributed by atoms with van der Waals surface area (Å²) in [5.74, 6) is -0.260. The minimum Gasteiger partial charge on any atom is -0.478 e. The number of nitrogen functional groups attached to an aromatic ring is 1. The van der Waals surface area contributed by atoms with Crippen molar-refractivity contribution in [2.45, 2.75) is 38.6 Å². The van der Waals surface area contributed by atoms with E-state index in [0.717, 1.165) is 5.69 Å². The molecule has 4 N–H and O–H groups in total. The maximum absolute atomic E-state index is 10.9. The standard InChI is InChI=1S/C14H20N2O2/c1-9(10-4-2-3-5-10)16-13-8-11(14(17)18)6-7-12(13)15/h6-10,16H,2-5,15H2,1H3,(H,17,18). The van der Waals surface area contributed by atoms with Gasteiger partial charge in [-0.15, -0.1) is 0 Å². The summed E-state index contributed by atoms with van der Waals surface area (Å²) in [6.07, 6.45) is 5.07. The number of hydrogen-bond donors (Lipinski definition) is 3. The zero-order valence-electron chi connectivity index (χ0n) is 10.6. The third-order valence-electron chi connectivity index (χ3n) is 3.79. The summed E-state index contributed by atoms with van der Waals surface area (Å²) in [4.78, 5) is 10.9. The second kappa shape index (κ2) is 5.29. The van der Waals surface area contributed by atoms with Crippen molar-refractivity contribution in [2.24, 2.45) is 5.92 Å². The third kappa shape index (κ3) is 2.75. The normalized spacial score (nSPS) is 17.6. The molecule has 0 heterocycles. The average molecular weight is 248 g/mol. The molecule has 0 bridgehead atoms. The third-order valence-corrected chi connectivity index (χ3v) is 3.79. The number of rotatable bonds is 4. The largest absolute Gasteiger partial charge is 0.478 e. The van der Waals surface area contributed by atoms with Crippen LogP contribution in [0.15, 0.2) is 18.2 Å². The molecule has 4 heteroatoms. The lowest BCUT2D eigenvalue weighted by Crippen LogP contribution is -2.24. The summed E-state index contributed by atoms with van der Waals surface area (Å²) >= 11 is 0. The predicted molar refractivity (Wildman–Crippen MR) is 72.9 cm³/mol. The first-order chi connectivity index (χ1) is 8.58. The van der Waals surface area contributed by atoms with Crippen molar-refractivity contribution in [1.29, 1.82) is 0 Å². The Labute approximate surface area is 107 Å². The van der Waals surface area contributed by atoms with Crippen LogP contribution in [0.5, 0.6) is 0 Å². The molecule has 2 rings (SSSR count). The number of nitrogens with two attached hydrogens (primary N) is 1. The number of hydrogen-bond acceptors (Lipinski definition) is 3.